The average molecular weight is 298 g/mol. The van der Waals surface area contributed by atoms with E-state index in [-0.39, 0.29) is 11.0 Å². The van der Waals surface area contributed by atoms with Crippen molar-refractivity contribution in [3.05, 3.63) is 29.3 Å². The van der Waals surface area contributed by atoms with Crippen LogP contribution in [0.15, 0.2) is 12.1 Å². The van der Waals surface area contributed by atoms with Crippen LogP contribution in [0.1, 0.15) is 38.1 Å². The Hall–Kier alpha value is -1.47. The third-order valence-electron chi connectivity index (χ3n) is 3.99. The SMILES string of the molecule is COC(=O)c1cc(F)c(B2OC(C)(C)C(C)(C)O2)c(F)c1. The molecule has 21 heavy (non-hydrogen) atoms. The van der Waals surface area contributed by atoms with Crippen LogP contribution >= 0.6 is 0 Å². The molecule has 0 N–H and O–H groups in total. The lowest BCUT2D eigenvalue weighted by Crippen LogP contribution is -2.41. The van der Waals surface area contributed by atoms with Gasteiger partial charge in [-0.3, -0.25) is 0 Å². The van der Waals surface area contributed by atoms with Gasteiger partial charge in [0, 0.05) is 0 Å². The minimum atomic E-state index is -1.17. The van der Waals surface area contributed by atoms with Gasteiger partial charge in [-0.1, -0.05) is 0 Å². The number of benzene rings is 1. The number of carbonyl (C=O) groups excluding carboxylic acids is 1. The molecule has 0 spiro atoms. The van der Waals surface area contributed by atoms with Crippen molar-refractivity contribution in [2.24, 2.45) is 0 Å². The van der Waals surface area contributed by atoms with Crippen molar-refractivity contribution in [1.82, 2.24) is 0 Å². The van der Waals surface area contributed by atoms with Gasteiger partial charge in [-0.25, -0.2) is 13.6 Å². The van der Waals surface area contributed by atoms with Crippen LogP contribution in [0, 0.1) is 11.6 Å². The molecule has 0 radical (unpaired) electrons. The third kappa shape index (κ3) is 2.67. The van der Waals surface area contributed by atoms with Crippen molar-refractivity contribution >= 4 is 18.6 Å². The average Bonchev–Trinajstić information content (AvgIpc) is 2.56. The summed E-state index contributed by atoms with van der Waals surface area (Å²) >= 11 is 0. The van der Waals surface area contributed by atoms with Gasteiger partial charge in [-0.15, -0.1) is 0 Å². The zero-order valence-electron chi connectivity index (χ0n) is 12.6. The number of ether oxygens (including phenoxy) is 1. The Kier molecular flexibility index (Phi) is 3.84. The molecule has 2 rings (SSSR count). The number of carbonyl (C=O) groups is 1. The van der Waals surface area contributed by atoms with Crippen molar-refractivity contribution in [2.75, 3.05) is 7.11 Å². The van der Waals surface area contributed by atoms with E-state index in [0.29, 0.717) is 0 Å². The molecular weight excluding hydrogens is 281 g/mol. The van der Waals surface area contributed by atoms with Gasteiger partial charge in [-0.05, 0) is 39.8 Å². The summed E-state index contributed by atoms with van der Waals surface area (Å²) in [5.41, 5.74) is -1.97. The Morgan fingerprint density at radius 3 is 1.90 bits per heavy atom. The molecule has 4 nitrogen and oxygen atoms in total. The third-order valence-corrected chi connectivity index (χ3v) is 3.99. The molecule has 1 aromatic carbocycles. The Morgan fingerprint density at radius 1 is 1.10 bits per heavy atom. The van der Waals surface area contributed by atoms with Crippen LogP contribution in [0.25, 0.3) is 0 Å². The highest BCUT2D eigenvalue weighted by molar-refractivity contribution is 6.62. The van der Waals surface area contributed by atoms with Crippen LogP contribution in [-0.4, -0.2) is 31.4 Å². The number of methoxy groups -OCH3 is 1. The summed E-state index contributed by atoms with van der Waals surface area (Å²) in [7, 11) is -0.0259. The van der Waals surface area contributed by atoms with Crippen molar-refractivity contribution in [1.29, 1.82) is 0 Å². The van der Waals surface area contributed by atoms with E-state index in [1.54, 1.807) is 27.7 Å². The number of rotatable bonds is 2. The molecule has 0 bridgehead atoms. The molecule has 1 saturated heterocycles. The van der Waals surface area contributed by atoms with Gasteiger partial charge in [0.25, 0.3) is 0 Å². The van der Waals surface area contributed by atoms with Crippen molar-refractivity contribution in [2.45, 2.75) is 38.9 Å². The monoisotopic (exact) mass is 298 g/mol. The summed E-state index contributed by atoms with van der Waals surface area (Å²) in [5.74, 6) is -2.63. The molecule has 1 aliphatic heterocycles. The first-order valence-corrected chi connectivity index (χ1v) is 6.52. The standard InChI is InChI=1S/C14H17BF2O4/c1-13(2)14(3,4)21-15(20-13)11-9(16)6-8(7-10(11)17)12(18)19-5/h6-7H,1-5H3. The second-order valence-electron chi connectivity index (χ2n) is 5.93. The zero-order valence-corrected chi connectivity index (χ0v) is 12.6. The minimum Gasteiger partial charge on any atom is -0.465 e. The van der Waals surface area contributed by atoms with E-state index in [1.807, 2.05) is 0 Å². The predicted octanol–water partition coefficient (Wildman–Crippen LogP) is 2.05. The maximum atomic E-state index is 14.2. The van der Waals surface area contributed by atoms with Crippen LogP contribution in [0.5, 0.6) is 0 Å². The van der Waals surface area contributed by atoms with E-state index >= 15 is 0 Å². The topological polar surface area (TPSA) is 44.8 Å². The fourth-order valence-corrected chi connectivity index (χ4v) is 2.01. The number of esters is 1. The van der Waals surface area contributed by atoms with Crippen molar-refractivity contribution in [3.8, 4) is 0 Å². The molecule has 0 aliphatic carbocycles. The number of halogens is 2. The highest BCUT2D eigenvalue weighted by Gasteiger charge is 2.53. The highest BCUT2D eigenvalue weighted by atomic mass is 19.1. The summed E-state index contributed by atoms with van der Waals surface area (Å²) in [6.07, 6.45) is 0. The normalized spacial score (nSPS) is 19.7. The van der Waals surface area contributed by atoms with E-state index in [2.05, 4.69) is 4.74 Å². The highest BCUT2D eigenvalue weighted by Crippen LogP contribution is 2.36. The van der Waals surface area contributed by atoms with Gasteiger partial charge in [0.15, 0.2) is 0 Å². The molecule has 0 atom stereocenters. The largest absolute Gasteiger partial charge is 0.500 e. The Balaban J connectivity index is 2.41. The molecule has 0 unspecified atom stereocenters. The maximum absolute atomic E-state index is 14.2. The van der Waals surface area contributed by atoms with Crippen LogP contribution in [0.4, 0.5) is 8.78 Å². The maximum Gasteiger partial charge on any atom is 0.500 e. The molecule has 1 aromatic rings. The van der Waals surface area contributed by atoms with Crippen LogP contribution in [-0.2, 0) is 14.0 Å². The van der Waals surface area contributed by atoms with Crippen LogP contribution in [0.2, 0.25) is 0 Å². The molecule has 114 valence electrons. The molecule has 7 heteroatoms. The van der Waals surface area contributed by atoms with Crippen LogP contribution < -0.4 is 5.46 Å². The van der Waals surface area contributed by atoms with Gasteiger partial charge in [0.1, 0.15) is 11.6 Å². The van der Waals surface area contributed by atoms with Crippen molar-refractivity contribution in [3.63, 3.8) is 0 Å². The van der Waals surface area contributed by atoms with Gasteiger partial charge in [0.2, 0.25) is 0 Å². The zero-order chi connectivity index (χ0) is 16.0. The van der Waals surface area contributed by atoms with E-state index in [1.165, 1.54) is 0 Å². The molecule has 1 heterocycles. The van der Waals surface area contributed by atoms with E-state index in [4.69, 9.17) is 9.31 Å². The first-order valence-electron chi connectivity index (χ1n) is 6.52. The van der Waals surface area contributed by atoms with Gasteiger partial charge >= 0.3 is 13.1 Å². The molecular formula is C14H17BF2O4. The fraction of sp³-hybridized carbons (Fsp3) is 0.500. The molecule has 1 fully saturated rings. The second-order valence-corrected chi connectivity index (χ2v) is 5.93. The summed E-state index contributed by atoms with van der Waals surface area (Å²) in [6, 6.07) is 1.82. The van der Waals surface area contributed by atoms with E-state index < -0.39 is 35.9 Å². The smallest absolute Gasteiger partial charge is 0.465 e. The molecule has 1 aliphatic rings. The minimum absolute atomic E-state index is 0.201. The Morgan fingerprint density at radius 2 is 1.52 bits per heavy atom. The lowest BCUT2D eigenvalue weighted by Gasteiger charge is -2.32. The van der Waals surface area contributed by atoms with E-state index in [0.717, 1.165) is 19.2 Å². The molecule has 0 saturated carbocycles. The van der Waals surface area contributed by atoms with Crippen LogP contribution in [0.3, 0.4) is 0 Å². The lowest BCUT2D eigenvalue weighted by atomic mass is 9.77. The van der Waals surface area contributed by atoms with Gasteiger partial charge < -0.3 is 14.0 Å². The summed E-state index contributed by atoms with van der Waals surface area (Å²) in [4.78, 5) is 11.3. The Labute approximate surface area is 122 Å². The van der Waals surface area contributed by atoms with Gasteiger partial charge in [-0.2, -0.15) is 0 Å². The van der Waals surface area contributed by atoms with Gasteiger partial charge in [0.05, 0.1) is 29.3 Å². The first kappa shape index (κ1) is 15.9. The summed E-state index contributed by atoms with van der Waals surface area (Å²) < 4.78 is 44.0. The molecule has 0 aromatic heterocycles. The molecule has 0 amide bonds. The Bertz CT molecular complexity index is 547. The number of hydrogen-bond donors (Lipinski definition) is 0. The quantitative estimate of drug-likeness (QED) is 0.619. The number of hydrogen-bond acceptors (Lipinski definition) is 4. The fourth-order valence-electron chi connectivity index (χ4n) is 2.01. The predicted molar refractivity (Wildman–Crippen MR) is 73.4 cm³/mol. The lowest BCUT2D eigenvalue weighted by molar-refractivity contribution is 0.00578. The van der Waals surface area contributed by atoms with E-state index in [9.17, 15) is 13.6 Å². The summed E-state index contributed by atoms with van der Waals surface area (Å²) in [6.45, 7) is 7.13. The van der Waals surface area contributed by atoms with Crippen molar-refractivity contribution < 1.29 is 27.6 Å². The second kappa shape index (κ2) is 5.07. The first-order chi connectivity index (χ1) is 9.59. The summed E-state index contributed by atoms with van der Waals surface area (Å²) in [5, 5.41) is 0.